The average Bonchev–Trinajstić information content (AvgIpc) is 2.37. The van der Waals surface area contributed by atoms with Crippen LogP contribution in [0.15, 0.2) is 47.3 Å². The van der Waals surface area contributed by atoms with Gasteiger partial charge in [0.1, 0.15) is 0 Å². The van der Waals surface area contributed by atoms with Gasteiger partial charge in [-0.05, 0) is 45.8 Å². The van der Waals surface area contributed by atoms with Crippen LogP contribution in [0.2, 0.25) is 0 Å². The van der Waals surface area contributed by atoms with E-state index in [1.807, 2.05) is 27.7 Å². The zero-order valence-corrected chi connectivity index (χ0v) is 12.6. The Morgan fingerprint density at radius 1 is 1.00 bits per heavy atom. The first kappa shape index (κ1) is 18.1. The molecule has 0 aromatic heterocycles. The van der Waals surface area contributed by atoms with Crippen molar-refractivity contribution < 1.29 is 0 Å². The summed E-state index contributed by atoms with van der Waals surface area (Å²) in [7, 11) is 0. The van der Waals surface area contributed by atoms with Gasteiger partial charge in [0.25, 0.3) is 0 Å². The SMILES string of the molecule is CC.C\C=C/C(C)=C(\C=C/C)N/C(=C\C)CC. The van der Waals surface area contributed by atoms with Gasteiger partial charge >= 0.3 is 0 Å². The minimum atomic E-state index is 1.03. The van der Waals surface area contributed by atoms with Crippen LogP contribution in [-0.2, 0) is 0 Å². The van der Waals surface area contributed by atoms with Crippen LogP contribution in [0.5, 0.6) is 0 Å². The Balaban J connectivity index is 0. The van der Waals surface area contributed by atoms with Crippen LogP contribution < -0.4 is 5.32 Å². The number of hydrogen-bond donors (Lipinski definition) is 1. The maximum absolute atomic E-state index is 3.44. The maximum atomic E-state index is 3.44. The van der Waals surface area contributed by atoms with Gasteiger partial charge in [0, 0.05) is 11.4 Å². The average molecular weight is 235 g/mol. The standard InChI is InChI=1S/C14H23N.C2H6/c1-6-10-12(5)14(11-7-2)15-13(8-3)9-4;1-2/h6-8,10-11,15H,9H2,1-5H3;1-2H3/b10-6-,11-7-,13-8-,14-12+;. The fourth-order valence-corrected chi connectivity index (χ4v) is 1.32. The van der Waals surface area contributed by atoms with Crippen LogP contribution >= 0.6 is 0 Å². The Hall–Kier alpha value is -1.24. The Bertz CT molecular complexity index is 291. The third kappa shape index (κ3) is 8.56. The maximum Gasteiger partial charge on any atom is 0.0408 e. The van der Waals surface area contributed by atoms with Crippen molar-refractivity contribution in [2.45, 2.75) is 54.9 Å². The van der Waals surface area contributed by atoms with Gasteiger partial charge in [0.15, 0.2) is 0 Å². The lowest BCUT2D eigenvalue weighted by molar-refractivity contribution is 0.898. The van der Waals surface area contributed by atoms with Gasteiger partial charge in [-0.15, -0.1) is 0 Å². The van der Waals surface area contributed by atoms with Crippen molar-refractivity contribution in [3.05, 3.63) is 47.3 Å². The highest BCUT2D eigenvalue weighted by Gasteiger charge is 1.97. The normalized spacial score (nSPS) is 13.5. The van der Waals surface area contributed by atoms with E-state index in [0.717, 1.165) is 6.42 Å². The third-order valence-electron chi connectivity index (χ3n) is 2.20. The van der Waals surface area contributed by atoms with Crippen LogP contribution in [0, 0.1) is 0 Å². The summed E-state index contributed by atoms with van der Waals surface area (Å²) in [4.78, 5) is 0. The van der Waals surface area contributed by atoms with Crippen LogP contribution in [0.25, 0.3) is 0 Å². The number of allylic oxidation sites excluding steroid dienone is 7. The molecule has 0 saturated heterocycles. The van der Waals surface area contributed by atoms with Crippen LogP contribution in [0.4, 0.5) is 0 Å². The van der Waals surface area contributed by atoms with Crippen LogP contribution in [0.1, 0.15) is 54.9 Å². The van der Waals surface area contributed by atoms with Crippen LogP contribution in [-0.4, -0.2) is 0 Å². The van der Waals surface area contributed by atoms with E-state index < -0.39 is 0 Å². The second-order valence-electron chi connectivity index (χ2n) is 3.39. The van der Waals surface area contributed by atoms with E-state index in [4.69, 9.17) is 0 Å². The number of hydrogen-bond acceptors (Lipinski definition) is 1. The zero-order chi connectivity index (χ0) is 13.7. The minimum Gasteiger partial charge on any atom is -0.359 e. The van der Waals surface area contributed by atoms with Gasteiger partial charge in [0.05, 0.1) is 0 Å². The first-order valence-corrected chi connectivity index (χ1v) is 6.58. The van der Waals surface area contributed by atoms with Crippen LogP contribution in [0.3, 0.4) is 0 Å². The lowest BCUT2D eigenvalue weighted by atomic mass is 10.2. The molecule has 0 atom stereocenters. The summed E-state index contributed by atoms with van der Waals surface area (Å²) in [5.74, 6) is 0. The molecule has 1 N–H and O–H groups in total. The van der Waals surface area contributed by atoms with Gasteiger partial charge in [-0.2, -0.15) is 0 Å². The molecule has 0 heterocycles. The lowest BCUT2D eigenvalue weighted by Gasteiger charge is -2.11. The summed E-state index contributed by atoms with van der Waals surface area (Å²) in [6, 6.07) is 0. The van der Waals surface area contributed by atoms with Gasteiger partial charge in [0.2, 0.25) is 0 Å². The van der Waals surface area contributed by atoms with Crippen molar-refractivity contribution >= 4 is 0 Å². The molecule has 0 fully saturated rings. The topological polar surface area (TPSA) is 12.0 Å². The molecule has 0 saturated carbocycles. The zero-order valence-electron chi connectivity index (χ0n) is 12.6. The van der Waals surface area contributed by atoms with Crippen molar-refractivity contribution in [1.29, 1.82) is 0 Å². The Kier molecular flexibility index (Phi) is 13.7. The molecule has 0 aliphatic heterocycles. The Morgan fingerprint density at radius 3 is 1.88 bits per heavy atom. The summed E-state index contributed by atoms with van der Waals surface area (Å²) >= 11 is 0. The minimum absolute atomic E-state index is 1.03. The van der Waals surface area contributed by atoms with E-state index >= 15 is 0 Å². The molecule has 0 aliphatic carbocycles. The third-order valence-corrected chi connectivity index (χ3v) is 2.20. The molecular weight excluding hydrogens is 206 g/mol. The van der Waals surface area contributed by atoms with E-state index in [1.54, 1.807) is 0 Å². The second-order valence-corrected chi connectivity index (χ2v) is 3.39. The van der Waals surface area contributed by atoms with Gasteiger partial charge in [-0.25, -0.2) is 0 Å². The molecular formula is C16H29N. The van der Waals surface area contributed by atoms with Gasteiger partial charge < -0.3 is 5.32 Å². The number of rotatable bonds is 5. The van der Waals surface area contributed by atoms with E-state index in [1.165, 1.54) is 17.0 Å². The highest BCUT2D eigenvalue weighted by Crippen LogP contribution is 2.08. The molecule has 0 unspecified atom stereocenters. The van der Waals surface area contributed by atoms with E-state index in [0.29, 0.717) is 0 Å². The summed E-state index contributed by atoms with van der Waals surface area (Å²) in [6.07, 6.45) is 11.5. The Labute approximate surface area is 108 Å². The fraction of sp³-hybridized carbons (Fsp3) is 0.500. The van der Waals surface area contributed by atoms with Crippen molar-refractivity contribution in [1.82, 2.24) is 5.32 Å². The largest absolute Gasteiger partial charge is 0.359 e. The van der Waals surface area contributed by atoms with Gasteiger partial charge in [-0.1, -0.05) is 45.1 Å². The molecule has 17 heavy (non-hydrogen) atoms. The molecule has 0 rings (SSSR count). The summed E-state index contributed by atoms with van der Waals surface area (Å²) < 4.78 is 0. The Morgan fingerprint density at radius 2 is 1.53 bits per heavy atom. The smallest absolute Gasteiger partial charge is 0.0408 e. The molecule has 0 aromatic rings. The summed E-state index contributed by atoms with van der Waals surface area (Å²) in [6.45, 7) is 14.4. The highest BCUT2D eigenvalue weighted by atomic mass is 14.9. The molecule has 0 spiro atoms. The van der Waals surface area contributed by atoms with E-state index in [2.05, 4.69) is 56.5 Å². The molecule has 0 radical (unpaired) electrons. The van der Waals surface area contributed by atoms with E-state index in [-0.39, 0.29) is 0 Å². The van der Waals surface area contributed by atoms with Crippen molar-refractivity contribution in [3.8, 4) is 0 Å². The van der Waals surface area contributed by atoms with E-state index in [9.17, 15) is 0 Å². The van der Waals surface area contributed by atoms with Crippen molar-refractivity contribution in [2.24, 2.45) is 0 Å². The van der Waals surface area contributed by atoms with Crippen molar-refractivity contribution in [2.75, 3.05) is 0 Å². The molecule has 0 amide bonds. The monoisotopic (exact) mass is 235 g/mol. The lowest BCUT2D eigenvalue weighted by Crippen LogP contribution is -2.12. The summed E-state index contributed by atoms with van der Waals surface area (Å²) in [5.41, 5.74) is 3.68. The molecule has 0 bridgehead atoms. The predicted molar refractivity (Wildman–Crippen MR) is 80.9 cm³/mol. The summed E-state index contributed by atoms with van der Waals surface area (Å²) in [5, 5.41) is 3.44. The highest BCUT2D eigenvalue weighted by molar-refractivity contribution is 5.32. The second kappa shape index (κ2) is 12.8. The molecule has 0 aliphatic rings. The fourth-order valence-electron chi connectivity index (χ4n) is 1.32. The molecule has 0 aromatic carbocycles. The van der Waals surface area contributed by atoms with Crippen molar-refractivity contribution in [3.63, 3.8) is 0 Å². The molecule has 98 valence electrons. The van der Waals surface area contributed by atoms with Gasteiger partial charge in [-0.3, -0.25) is 0 Å². The molecule has 1 heteroatoms. The molecule has 1 nitrogen and oxygen atoms in total. The number of nitrogens with one attached hydrogen (secondary N) is 1. The first-order chi connectivity index (χ1) is 8.19. The predicted octanol–water partition coefficient (Wildman–Crippen LogP) is 5.34. The quantitative estimate of drug-likeness (QED) is 0.634. The first-order valence-electron chi connectivity index (χ1n) is 6.58.